The van der Waals surface area contributed by atoms with Gasteiger partial charge in [-0.1, -0.05) is 12.8 Å². The van der Waals surface area contributed by atoms with E-state index >= 15 is 0 Å². The van der Waals surface area contributed by atoms with Crippen molar-refractivity contribution in [1.82, 2.24) is 15.5 Å². The number of nitrogens with zero attached hydrogens (tertiary/aromatic N) is 2. The molecule has 0 unspecified atom stereocenters. The fourth-order valence-corrected chi connectivity index (χ4v) is 2.71. The molecule has 0 aliphatic heterocycles. The summed E-state index contributed by atoms with van der Waals surface area (Å²) in [6, 6.07) is 0. The SMILES string of the molecule is CCNC(=NCC1(C(=O)N(C)C)CCCC1)NCCO.I. The van der Waals surface area contributed by atoms with Crippen LogP contribution in [0.3, 0.4) is 0 Å². The average Bonchev–Trinajstić information content (AvgIpc) is 2.91. The third-order valence-electron chi connectivity index (χ3n) is 3.71. The molecule has 0 bridgehead atoms. The van der Waals surface area contributed by atoms with Crippen LogP contribution in [0.4, 0.5) is 0 Å². The zero-order valence-electron chi connectivity index (χ0n) is 13.3. The van der Waals surface area contributed by atoms with Gasteiger partial charge >= 0.3 is 0 Å². The van der Waals surface area contributed by atoms with E-state index in [1.54, 1.807) is 19.0 Å². The highest BCUT2D eigenvalue weighted by Gasteiger charge is 2.41. The molecule has 3 N–H and O–H groups in total. The smallest absolute Gasteiger partial charge is 0.230 e. The van der Waals surface area contributed by atoms with Gasteiger partial charge in [0.15, 0.2) is 5.96 Å². The Labute approximate surface area is 144 Å². The van der Waals surface area contributed by atoms with Crippen LogP contribution in [0, 0.1) is 5.41 Å². The van der Waals surface area contributed by atoms with Crippen molar-refractivity contribution >= 4 is 35.8 Å². The fourth-order valence-electron chi connectivity index (χ4n) is 2.71. The maximum absolute atomic E-state index is 12.4. The second-order valence-corrected chi connectivity index (χ2v) is 5.53. The number of aliphatic imine (C=N–C) groups is 1. The Kier molecular flexibility index (Phi) is 9.93. The third kappa shape index (κ3) is 5.98. The zero-order chi connectivity index (χ0) is 15.0. The van der Waals surface area contributed by atoms with E-state index in [4.69, 9.17) is 5.11 Å². The van der Waals surface area contributed by atoms with Gasteiger partial charge in [-0.2, -0.15) is 0 Å². The van der Waals surface area contributed by atoms with Crippen LogP contribution < -0.4 is 10.6 Å². The molecule has 1 rings (SSSR count). The van der Waals surface area contributed by atoms with Crippen LogP contribution in [-0.2, 0) is 4.79 Å². The predicted octanol–water partition coefficient (Wildman–Crippen LogP) is 0.800. The minimum absolute atomic E-state index is 0. The molecule has 1 saturated carbocycles. The highest BCUT2D eigenvalue weighted by molar-refractivity contribution is 14.0. The molecule has 0 atom stereocenters. The first-order valence-corrected chi connectivity index (χ1v) is 7.40. The molecule has 7 heteroatoms. The van der Waals surface area contributed by atoms with E-state index in [2.05, 4.69) is 15.6 Å². The number of amides is 1. The van der Waals surface area contributed by atoms with E-state index in [1.807, 2.05) is 6.92 Å². The molecule has 1 aliphatic rings. The summed E-state index contributed by atoms with van der Waals surface area (Å²) in [5.74, 6) is 0.844. The highest BCUT2D eigenvalue weighted by Crippen LogP contribution is 2.39. The van der Waals surface area contributed by atoms with Crippen LogP contribution in [0.15, 0.2) is 4.99 Å². The Morgan fingerprint density at radius 1 is 1.29 bits per heavy atom. The molecule has 0 saturated heterocycles. The number of nitrogens with one attached hydrogen (secondary N) is 2. The number of hydrogen-bond donors (Lipinski definition) is 3. The van der Waals surface area contributed by atoms with Gasteiger partial charge in [0.25, 0.3) is 0 Å². The molecule has 1 fully saturated rings. The van der Waals surface area contributed by atoms with Crippen molar-refractivity contribution in [2.24, 2.45) is 10.4 Å². The predicted molar refractivity (Wildman–Crippen MR) is 96.1 cm³/mol. The van der Waals surface area contributed by atoms with Crippen molar-refractivity contribution in [3.63, 3.8) is 0 Å². The number of rotatable bonds is 6. The van der Waals surface area contributed by atoms with E-state index in [-0.39, 0.29) is 41.9 Å². The molecular formula is C14H29IN4O2. The standard InChI is InChI=1S/C14H28N4O2.HI/c1-4-15-13(16-9-10-19)17-11-14(7-5-6-8-14)12(20)18(2)3;/h19H,4-11H2,1-3H3,(H2,15,16,17);1H. The molecule has 0 aromatic carbocycles. The number of hydrogen-bond acceptors (Lipinski definition) is 3. The number of guanidine groups is 1. The summed E-state index contributed by atoms with van der Waals surface area (Å²) >= 11 is 0. The molecule has 0 aromatic rings. The first kappa shape index (κ1) is 20.4. The van der Waals surface area contributed by atoms with Crippen molar-refractivity contribution in [1.29, 1.82) is 0 Å². The van der Waals surface area contributed by atoms with Crippen LogP contribution in [0.2, 0.25) is 0 Å². The van der Waals surface area contributed by atoms with E-state index in [9.17, 15) is 4.79 Å². The van der Waals surface area contributed by atoms with Crippen LogP contribution in [0.25, 0.3) is 0 Å². The lowest BCUT2D eigenvalue weighted by molar-refractivity contribution is -0.138. The quantitative estimate of drug-likeness (QED) is 0.343. The third-order valence-corrected chi connectivity index (χ3v) is 3.71. The van der Waals surface area contributed by atoms with Gasteiger partial charge in [-0.15, -0.1) is 24.0 Å². The number of carbonyl (C=O) groups excluding carboxylic acids is 1. The van der Waals surface area contributed by atoms with Gasteiger partial charge in [0.2, 0.25) is 5.91 Å². The summed E-state index contributed by atoms with van der Waals surface area (Å²) in [4.78, 5) is 18.6. The molecule has 6 nitrogen and oxygen atoms in total. The maximum atomic E-state index is 12.4. The second-order valence-electron chi connectivity index (χ2n) is 5.53. The van der Waals surface area contributed by atoms with E-state index in [1.165, 1.54) is 0 Å². The molecule has 0 aromatic heterocycles. The van der Waals surface area contributed by atoms with Crippen molar-refractivity contribution in [3.05, 3.63) is 0 Å². The van der Waals surface area contributed by atoms with E-state index in [0.29, 0.717) is 19.0 Å². The molecule has 124 valence electrons. The van der Waals surface area contributed by atoms with Crippen molar-refractivity contribution < 1.29 is 9.90 Å². The Morgan fingerprint density at radius 2 is 1.90 bits per heavy atom. The van der Waals surface area contributed by atoms with Crippen LogP contribution in [0.1, 0.15) is 32.6 Å². The summed E-state index contributed by atoms with van der Waals surface area (Å²) in [5, 5.41) is 15.0. The summed E-state index contributed by atoms with van der Waals surface area (Å²) in [6.07, 6.45) is 4.01. The van der Waals surface area contributed by atoms with Crippen LogP contribution >= 0.6 is 24.0 Å². The van der Waals surface area contributed by atoms with Crippen LogP contribution in [0.5, 0.6) is 0 Å². The van der Waals surface area contributed by atoms with E-state index < -0.39 is 0 Å². The normalized spacial score (nSPS) is 17.0. The minimum atomic E-state index is -0.342. The summed E-state index contributed by atoms with van der Waals surface area (Å²) < 4.78 is 0. The average molecular weight is 412 g/mol. The molecule has 0 radical (unpaired) electrons. The first-order valence-electron chi connectivity index (χ1n) is 7.40. The molecule has 0 heterocycles. The van der Waals surface area contributed by atoms with Crippen LogP contribution in [-0.4, -0.2) is 62.2 Å². The number of carbonyl (C=O) groups is 1. The van der Waals surface area contributed by atoms with Gasteiger partial charge < -0.3 is 20.6 Å². The van der Waals surface area contributed by atoms with Gasteiger partial charge in [-0.25, -0.2) is 0 Å². The minimum Gasteiger partial charge on any atom is -0.395 e. The molecule has 1 aliphatic carbocycles. The Hall–Kier alpha value is -0.570. The maximum Gasteiger partial charge on any atom is 0.230 e. The number of aliphatic hydroxyl groups is 1. The summed E-state index contributed by atoms with van der Waals surface area (Å²) in [7, 11) is 3.61. The number of aliphatic hydroxyl groups excluding tert-OH is 1. The Morgan fingerprint density at radius 3 is 2.38 bits per heavy atom. The molecular weight excluding hydrogens is 383 g/mol. The lowest BCUT2D eigenvalue weighted by Crippen LogP contribution is -2.43. The van der Waals surface area contributed by atoms with Gasteiger partial charge in [0.1, 0.15) is 0 Å². The van der Waals surface area contributed by atoms with Gasteiger partial charge in [0.05, 0.1) is 18.6 Å². The Bertz CT molecular complexity index is 342. The largest absolute Gasteiger partial charge is 0.395 e. The van der Waals surface area contributed by atoms with Gasteiger partial charge in [-0.05, 0) is 19.8 Å². The molecule has 0 spiro atoms. The second kappa shape index (κ2) is 10.2. The Balaban J connectivity index is 0.00000400. The lowest BCUT2D eigenvalue weighted by atomic mass is 9.85. The monoisotopic (exact) mass is 412 g/mol. The highest BCUT2D eigenvalue weighted by atomic mass is 127. The fraction of sp³-hybridized carbons (Fsp3) is 0.857. The zero-order valence-corrected chi connectivity index (χ0v) is 15.6. The van der Waals surface area contributed by atoms with Gasteiger partial charge in [0, 0.05) is 27.2 Å². The first-order chi connectivity index (χ1) is 9.55. The molecule has 1 amide bonds. The number of halogens is 1. The molecule has 21 heavy (non-hydrogen) atoms. The lowest BCUT2D eigenvalue weighted by Gasteiger charge is -2.29. The van der Waals surface area contributed by atoms with Crippen molar-refractivity contribution in [2.45, 2.75) is 32.6 Å². The topological polar surface area (TPSA) is 77.0 Å². The van der Waals surface area contributed by atoms with Crippen molar-refractivity contribution in [3.8, 4) is 0 Å². The van der Waals surface area contributed by atoms with Gasteiger partial charge in [-0.3, -0.25) is 9.79 Å². The van der Waals surface area contributed by atoms with E-state index in [0.717, 1.165) is 32.2 Å². The summed E-state index contributed by atoms with van der Waals surface area (Å²) in [6.45, 7) is 3.77. The van der Waals surface area contributed by atoms with Crippen molar-refractivity contribution in [2.75, 3.05) is 40.3 Å². The summed E-state index contributed by atoms with van der Waals surface area (Å²) in [5.41, 5.74) is -0.342.